The zero-order valence-corrected chi connectivity index (χ0v) is 10.1. The van der Waals surface area contributed by atoms with E-state index in [2.05, 4.69) is 4.40 Å². The van der Waals surface area contributed by atoms with Crippen molar-refractivity contribution in [3.63, 3.8) is 0 Å². The van der Waals surface area contributed by atoms with E-state index >= 15 is 0 Å². The molecule has 0 spiro atoms. The molecule has 2 atom stereocenters. The summed E-state index contributed by atoms with van der Waals surface area (Å²) in [7, 11) is -2.33. The summed E-state index contributed by atoms with van der Waals surface area (Å²) in [6.45, 7) is 4.17. The fraction of sp³-hybridized carbons (Fsp3) is 0.600. The number of nitrogens with zero attached hydrogens (tertiary/aromatic N) is 1. The number of aliphatic hydroxyl groups excluding tert-OH is 1. The molecule has 0 fully saturated rings. The lowest BCUT2D eigenvalue weighted by atomic mass is 10.1. The molecule has 0 bridgehead atoms. The van der Waals surface area contributed by atoms with E-state index in [1.165, 1.54) is 17.8 Å². The van der Waals surface area contributed by atoms with Crippen LogP contribution in [0.2, 0.25) is 0 Å². The molecule has 1 N–H and O–H groups in total. The summed E-state index contributed by atoms with van der Waals surface area (Å²) < 4.78 is 21.0. The molecular weight excluding hydrogens is 214 g/mol. The first-order valence-corrected chi connectivity index (χ1v) is 6.89. The number of hydrogen-bond donors (Lipinski definition) is 1. The lowest BCUT2D eigenvalue weighted by Gasteiger charge is -2.16. The van der Waals surface area contributed by atoms with E-state index < -0.39 is 15.8 Å². The summed E-state index contributed by atoms with van der Waals surface area (Å²) in [6, 6.07) is 0. The number of hydrogen-bond acceptors (Lipinski definition) is 3. The molecule has 0 aliphatic carbocycles. The van der Waals surface area contributed by atoms with Gasteiger partial charge in [-0.15, -0.1) is 0 Å². The van der Waals surface area contributed by atoms with Gasteiger partial charge in [-0.1, -0.05) is 6.92 Å². The van der Waals surface area contributed by atoms with Gasteiger partial charge in [-0.25, -0.2) is 8.61 Å². The van der Waals surface area contributed by atoms with Crippen molar-refractivity contribution in [2.75, 3.05) is 12.9 Å². The van der Waals surface area contributed by atoms with Gasteiger partial charge in [-0.05, 0) is 13.3 Å². The Morgan fingerprint density at radius 2 is 2.33 bits per heavy atom. The molecule has 0 radical (unpaired) electrons. The monoisotopic (exact) mass is 231 g/mol. The van der Waals surface area contributed by atoms with Crippen molar-refractivity contribution in [1.29, 1.82) is 0 Å². The molecule has 0 aromatic carbocycles. The fourth-order valence-electron chi connectivity index (χ4n) is 1.17. The second-order valence-electron chi connectivity index (χ2n) is 3.56. The van der Waals surface area contributed by atoms with Gasteiger partial charge in [-0.2, -0.15) is 0 Å². The van der Waals surface area contributed by atoms with Gasteiger partial charge in [0.15, 0.2) is 0 Å². The summed E-state index contributed by atoms with van der Waals surface area (Å²) in [4.78, 5) is 0. The number of allylic oxidation sites excluding steroid dienone is 1. The van der Waals surface area contributed by atoms with E-state index in [4.69, 9.17) is 4.74 Å². The van der Waals surface area contributed by atoms with E-state index in [0.29, 0.717) is 17.9 Å². The Kier molecular flexibility index (Phi) is 3.93. The Bertz CT molecular complexity index is 401. The normalized spacial score (nSPS) is 27.5. The predicted octanol–water partition coefficient (Wildman–Crippen LogP) is 0.764. The van der Waals surface area contributed by atoms with Crippen molar-refractivity contribution >= 4 is 21.3 Å². The van der Waals surface area contributed by atoms with Gasteiger partial charge in [0.1, 0.15) is 5.76 Å². The summed E-state index contributed by atoms with van der Waals surface area (Å²) in [6.07, 6.45) is 3.19. The van der Waals surface area contributed by atoms with Crippen LogP contribution in [0.1, 0.15) is 20.3 Å². The molecule has 0 amide bonds. The smallest absolute Gasteiger partial charge is 0.136 e. The highest BCUT2D eigenvalue weighted by Crippen LogP contribution is 2.13. The molecule has 0 aromatic rings. The topological polar surface area (TPSA) is 58.9 Å². The van der Waals surface area contributed by atoms with Crippen molar-refractivity contribution in [2.45, 2.75) is 26.4 Å². The van der Waals surface area contributed by atoms with Gasteiger partial charge >= 0.3 is 0 Å². The molecule has 86 valence electrons. The quantitative estimate of drug-likeness (QED) is 0.727. The average molecular weight is 231 g/mol. The predicted molar refractivity (Wildman–Crippen MR) is 63.6 cm³/mol. The van der Waals surface area contributed by atoms with Crippen LogP contribution in [0.15, 0.2) is 15.7 Å². The van der Waals surface area contributed by atoms with Gasteiger partial charge in [0.2, 0.25) is 0 Å². The summed E-state index contributed by atoms with van der Waals surface area (Å²) in [5.41, 5.74) is 0.587. The van der Waals surface area contributed by atoms with Crippen LogP contribution in [0.3, 0.4) is 0 Å². The largest absolute Gasteiger partial charge is 0.492 e. The zero-order valence-electron chi connectivity index (χ0n) is 9.27. The maximum atomic E-state index is 11.7. The average Bonchev–Trinajstić information content (AvgIpc) is 2.12. The Morgan fingerprint density at radius 1 is 1.67 bits per heavy atom. The van der Waals surface area contributed by atoms with Crippen LogP contribution < -0.4 is 0 Å². The number of aliphatic hydroxyl groups is 1. The van der Waals surface area contributed by atoms with Gasteiger partial charge in [-0.3, -0.25) is 0 Å². The van der Waals surface area contributed by atoms with Crippen LogP contribution in [0, 0.1) is 0 Å². The minimum atomic E-state index is -2.33. The third-order valence-electron chi connectivity index (χ3n) is 1.92. The molecule has 1 aliphatic heterocycles. The minimum absolute atomic E-state index is 0.495. The van der Waals surface area contributed by atoms with Crippen molar-refractivity contribution < 1.29 is 14.1 Å². The van der Waals surface area contributed by atoms with Gasteiger partial charge in [0.05, 0.1) is 27.8 Å². The van der Waals surface area contributed by atoms with Crippen molar-refractivity contribution in [2.24, 2.45) is 4.40 Å². The lowest BCUT2D eigenvalue weighted by molar-refractivity contribution is 0.204. The summed E-state index contributed by atoms with van der Waals surface area (Å²) in [5, 5.41) is 11.0. The number of rotatable bonds is 4. The molecule has 5 heteroatoms. The summed E-state index contributed by atoms with van der Waals surface area (Å²) >= 11 is 0. The first-order valence-electron chi connectivity index (χ1n) is 4.90. The molecule has 0 saturated heterocycles. The van der Waals surface area contributed by atoms with Crippen LogP contribution in [-0.4, -0.2) is 39.9 Å². The first kappa shape index (κ1) is 12.3. The van der Waals surface area contributed by atoms with E-state index in [1.54, 1.807) is 6.92 Å². The van der Waals surface area contributed by atoms with Crippen LogP contribution in [0.5, 0.6) is 0 Å². The van der Waals surface area contributed by atoms with Gasteiger partial charge in [0, 0.05) is 18.0 Å². The van der Waals surface area contributed by atoms with Crippen molar-refractivity contribution in [1.82, 2.24) is 0 Å². The van der Waals surface area contributed by atoms with E-state index in [0.717, 1.165) is 6.42 Å². The molecule has 15 heavy (non-hydrogen) atoms. The summed E-state index contributed by atoms with van der Waals surface area (Å²) in [5.74, 6) is 0.495. The highest BCUT2D eigenvalue weighted by Gasteiger charge is 2.16. The maximum Gasteiger partial charge on any atom is 0.136 e. The third kappa shape index (κ3) is 3.35. The van der Waals surface area contributed by atoms with Crippen LogP contribution in [-0.2, 0) is 14.4 Å². The molecular formula is C10H17NO3S. The second kappa shape index (κ2) is 4.81. The molecule has 0 aromatic heterocycles. The standard InChI is InChI=1S/C10H17NO3S/c1-4-5-14-10-7-15(3,13)11-6-9(10)8(2)12/h6-8,12H,4-5H2,1-3H3/t8-,15?/m0/s1. The van der Waals surface area contributed by atoms with Gasteiger partial charge in [0.25, 0.3) is 0 Å². The van der Waals surface area contributed by atoms with Crippen LogP contribution in [0.4, 0.5) is 0 Å². The highest BCUT2D eigenvalue weighted by atomic mass is 32.2. The van der Waals surface area contributed by atoms with E-state index in [1.807, 2.05) is 6.92 Å². The zero-order chi connectivity index (χ0) is 11.5. The SMILES string of the molecule is CCCOC1=C([C@H](C)O)C=NS(C)(=O)=C1. The van der Waals surface area contributed by atoms with E-state index in [9.17, 15) is 9.32 Å². The first-order chi connectivity index (χ1) is 6.96. The van der Waals surface area contributed by atoms with Gasteiger partial charge < -0.3 is 9.84 Å². The Morgan fingerprint density at radius 3 is 2.87 bits per heavy atom. The molecule has 1 aliphatic rings. The molecule has 0 saturated carbocycles. The Labute approximate surface area is 90.8 Å². The van der Waals surface area contributed by atoms with Crippen LogP contribution in [0.25, 0.3) is 0 Å². The molecule has 4 nitrogen and oxygen atoms in total. The fourth-order valence-corrected chi connectivity index (χ4v) is 2.15. The highest BCUT2D eigenvalue weighted by molar-refractivity contribution is 7.99. The lowest BCUT2D eigenvalue weighted by Crippen LogP contribution is -2.18. The Hall–Kier alpha value is -0.810. The minimum Gasteiger partial charge on any atom is -0.492 e. The van der Waals surface area contributed by atoms with Crippen molar-refractivity contribution in [3.05, 3.63) is 11.3 Å². The second-order valence-corrected chi connectivity index (χ2v) is 5.73. The van der Waals surface area contributed by atoms with E-state index in [-0.39, 0.29) is 0 Å². The Balaban J connectivity index is 3.05. The number of ether oxygens (including phenoxy) is 1. The van der Waals surface area contributed by atoms with Crippen LogP contribution >= 0.6 is 0 Å². The third-order valence-corrected chi connectivity index (χ3v) is 3.10. The maximum absolute atomic E-state index is 11.7. The molecule has 1 unspecified atom stereocenters. The molecule has 1 rings (SSSR count). The van der Waals surface area contributed by atoms with Crippen molar-refractivity contribution in [3.8, 4) is 0 Å². The molecule has 1 heterocycles.